The van der Waals surface area contributed by atoms with Crippen LogP contribution in [0.4, 0.5) is 0 Å². The van der Waals surface area contributed by atoms with Gasteiger partial charge in [0.25, 0.3) is 0 Å². The van der Waals surface area contributed by atoms with Crippen LogP contribution in [0.5, 0.6) is 0 Å². The van der Waals surface area contributed by atoms with Crippen LogP contribution < -0.4 is 0 Å². The van der Waals surface area contributed by atoms with Gasteiger partial charge in [-0.3, -0.25) is 0 Å². The molecule has 15 heavy (non-hydrogen) atoms. The predicted molar refractivity (Wildman–Crippen MR) is 71.0 cm³/mol. The number of aromatic nitrogens is 3. The van der Waals surface area contributed by atoms with Crippen molar-refractivity contribution in [3.05, 3.63) is 43.2 Å². The number of rotatable bonds is 2. The van der Waals surface area contributed by atoms with E-state index in [1.165, 1.54) is 0 Å². The molecule has 0 saturated heterocycles. The zero-order chi connectivity index (χ0) is 10.8. The van der Waals surface area contributed by atoms with Crippen molar-refractivity contribution in [1.82, 2.24) is 15.0 Å². The average Bonchev–Trinajstić information content (AvgIpc) is 2.50. The summed E-state index contributed by atoms with van der Waals surface area (Å²) in [6.07, 6.45) is 0. The standard InChI is InChI=1S/C9H6BrClIN3/c10-8-9(12)14-15(13-8)5-6-1-3-7(11)4-2-6/h1-4H,5H2. The van der Waals surface area contributed by atoms with E-state index in [1.807, 2.05) is 24.3 Å². The van der Waals surface area contributed by atoms with E-state index >= 15 is 0 Å². The van der Waals surface area contributed by atoms with Crippen molar-refractivity contribution >= 4 is 50.1 Å². The van der Waals surface area contributed by atoms with Crippen LogP contribution in [0.15, 0.2) is 28.9 Å². The Morgan fingerprint density at radius 1 is 1.27 bits per heavy atom. The molecule has 1 aromatic heterocycles. The second-order valence-electron chi connectivity index (χ2n) is 2.94. The van der Waals surface area contributed by atoms with E-state index in [2.05, 4.69) is 48.7 Å². The molecule has 0 aliphatic carbocycles. The van der Waals surface area contributed by atoms with Crippen LogP contribution in [-0.4, -0.2) is 15.0 Å². The van der Waals surface area contributed by atoms with Crippen molar-refractivity contribution in [3.8, 4) is 0 Å². The smallest absolute Gasteiger partial charge is 0.161 e. The molecule has 0 bridgehead atoms. The first kappa shape index (κ1) is 11.3. The minimum absolute atomic E-state index is 0.652. The minimum atomic E-state index is 0.652. The van der Waals surface area contributed by atoms with E-state index in [1.54, 1.807) is 4.80 Å². The molecule has 1 aromatic carbocycles. The Kier molecular flexibility index (Phi) is 3.63. The molecule has 0 spiro atoms. The molecule has 6 heteroatoms. The summed E-state index contributed by atoms with van der Waals surface area (Å²) in [7, 11) is 0. The fraction of sp³-hybridized carbons (Fsp3) is 0.111. The molecule has 1 heterocycles. The Labute approximate surface area is 114 Å². The van der Waals surface area contributed by atoms with E-state index in [0.717, 1.165) is 18.9 Å². The van der Waals surface area contributed by atoms with Gasteiger partial charge in [0.15, 0.2) is 8.30 Å². The predicted octanol–water partition coefficient (Wildman–Crippen LogP) is 3.35. The maximum Gasteiger partial charge on any atom is 0.161 e. The highest BCUT2D eigenvalue weighted by molar-refractivity contribution is 14.1. The molecule has 0 aliphatic heterocycles. The molecule has 0 atom stereocenters. The summed E-state index contributed by atoms with van der Waals surface area (Å²) in [6, 6.07) is 7.65. The highest BCUT2D eigenvalue weighted by Crippen LogP contribution is 2.14. The van der Waals surface area contributed by atoms with Crippen molar-refractivity contribution in [3.63, 3.8) is 0 Å². The van der Waals surface area contributed by atoms with Gasteiger partial charge in [-0.25, -0.2) is 0 Å². The molecular formula is C9H6BrClIN3. The van der Waals surface area contributed by atoms with Crippen LogP contribution in [0.1, 0.15) is 5.56 Å². The Morgan fingerprint density at radius 2 is 1.93 bits per heavy atom. The lowest BCUT2D eigenvalue weighted by Gasteiger charge is -1.99. The summed E-state index contributed by atoms with van der Waals surface area (Å²) in [5.41, 5.74) is 1.12. The second kappa shape index (κ2) is 4.80. The molecule has 0 saturated carbocycles. The molecule has 2 aromatic rings. The lowest BCUT2D eigenvalue weighted by atomic mass is 10.2. The third kappa shape index (κ3) is 2.92. The van der Waals surface area contributed by atoms with Crippen LogP contribution in [0, 0.1) is 3.70 Å². The summed E-state index contributed by atoms with van der Waals surface area (Å²) in [6.45, 7) is 0.652. The lowest BCUT2D eigenvalue weighted by Crippen LogP contribution is -2.03. The fourth-order valence-corrected chi connectivity index (χ4v) is 1.88. The highest BCUT2D eigenvalue weighted by atomic mass is 127. The maximum atomic E-state index is 5.80. The van der Waals surface area contributed by atoms with Crippen LogP contribution in [0.25, 0.3) is 0 Å². The third-order valence-corrected chi connectivity index (χ3v) is 4.07. The number of benzene rings is 1. The van der Waals surface area contributed by atoms with Gasteiger partial charge in [-0.1, -0.05) is 23.7 Å². The van der Waals surface area contributed by atoms with E-state index in [0.29, 0.717) is 6.54 Å². The zero-order valence-electron chi connectivity index (χ0n) is 7.49. The van der Waals surface area contributed by atoms with Gasteiger partial charge < -0.3 is 0 Å². The van der Waals surface area contributed by atoms with Crippen LogP contribution in [0.2, 0.25) is 5.02 Å². The van der Waals surface area contributed by atoms with Gasteiger partial charge >= 0.3 is 0 Å². The largest absolute Gasteiger partial charge is 0.178 e. The molecule has 0 N–H and O–H groups in total. The normalized spacial score (nSPS) is 10.6. The van der Waals surface area contributed by atoms with Gasteiger partial charge in [0.05, 0.1) is 6.54 Å². The molecule has 0 fully saturated rings. The van der Waals surface area contributed by atoms with Gasteiger partial charge in [-0.05, 0) is 56.2 Å². The summed E-state index contributed by atoms with van der Waals surface area (Å²) >= 11 is 11.2. The second-order valence-corrected chi connectivity index (χ2v) is 5.15. The molecule has 78 valence electrons. The number of hydrogen-bond acceptors (Lipinski definition) is 2. The summed E-state index contributed by atoms with van der Waals surface area (Å²) < 4.78 is 1.64. The first-order chi connectivity index (χ1) is 7.15. The van der Waals surface area contributed by atoms with Crippen molar-refractivity contribution < 1.29 is 0 Å². The number of nitrogens with zero attached hydrogens (tertiary/aromatic N) is 3. The Hall–Kier alpha value is -0.140. The SMILES string of the molecule is Clc1ccc(Cn2nc(Br)c(I)n2)cc1. The van der Waals surface area contributed by atoms with Crippen molar-refractivity contribution in [2.24, 2.45) is 0 Å². The van der Waals surface area contributed by atoms with E-state index in [9.17, 15) is 0 Å². The molecular weight excluding hydrogens is 392 g/mol. The molecule has 0 radical (unpaired) electrons. The zero-order valence-corrected chi connectivity index (χ0v) is 12.0. The molecule has 0 unspecified atom stereocenters. The quantitative estimate of drug-likeness (QED) is 0.727. The van der Waals surface area contributed by atoms with Crippen molar-refractivity contribution in [2.45, 2.75) is 6.54 Å². The highest BCUT2D eigenvalue weighted by Gasteiger charge is 2.04. The summed E-state index contributed by atoms with van der Waals surface area (Å²) in [4.78, 5) is 1.65. The number of halogens is 3. The van der Waals surface area contributed by atoms with Gasteiger partial charge in [-0.2, -0.15) is 4.80 Å². The molecule has 2 rings (SSSR count). The van der Waals surface area contributed by atoms with Gasteiger partial charge in [0.2, 0.25) is 0 Å². The minimum Gasteiger partial charge on any atom is -0.178 e. The van der Waals surface area contributed by atoms with E-state index in [4.69, 9.17) is 11.6 Å². The Bertz CT molecular complexity index is 449. The van der Waals surface area contributed by atoms with Crippen molar-refractivity contribution in [1.29, 1.82) is 0 Å². The van der Waals surface area contributed by atoms with Gasteiger partial charge in [-0.15, -0.1) is 10.2 Å². The monoisotopic (exact) mass is 397 g/mol. The third-order valence-electron chi connectivity index (χ3n) is 1.81. The average molecular weight is 398 g/mol. The lowest BCUT2D eigenvalue weighted by molar-refractivity contribution is 0.586. The van der Waals surface area contributed by atoms with Crippen LogP contribution in [-0.2, 0) is 6.54 Å². The van der Waals surface area contributed by atoms with E-state index in [-0.39, 0.29) is 0 Å². The topological polar surface area (TPSA) is 30.7 Å². The van der Waals surface area contributed by atoms with Gasteiger partial charge in [0.1, 0.15) is 0 Å². The number of hydrogen-bond donors (Lipinski definition) is 0. The first-order valence-corrected chi connectivity index (χ1v) is 6.41. The van der Waals surface area contributed by atoms with Crippen LogP contribution in [0.3, 0.4) is 0 Å². The summed E-state index contributed by atoms with van der Waals surface area (Å²) in [5.74, 6) is 0. The fourth-order valence-electron chi connectivity index (χ4n) is 1.13. The molecule has 3 nitrogen and oxygen atoms in total. The summed E-state index contributed by atoms with van der Waals surface area (Å²) in [5, 5.41) is 9.19. The Balaban J connectivity index is 2.18. The van der Waals surface area contributed by atoms with Crippen LogP contribution >= 0.6 is 50.1 Å². The molecule has 0 aliphatic rings. The van der Waals surface area contributed by atoms with Gasteiger partial charge in [0, 0.05) is 5.02 Å². The van der Waals surface area contributed by atoms with Crippen molar-refractivity contribution in [2.75, 3.05) is 0 Å². The maximum absolute atomic E-state index is 5.80. The molecule has 0 amide bonds. The Morgan fingerprint density at radius 3 is 2.47 bits per heavy atom. The van der Waals surface area contributed by atoms with E-state index < -0.39 is 0 Å². The first-order valence-electron chi connectivity index (χ1n) is 4.16.